The maximum Gasteiger partial charge on any atom is 0.107 e. The van der Waals surface area contributed by atoms with Crippen molar-refractivity contribution < 1.29 is 0 Å². The number of rotatable bonds is 3. The van der Waals surface area contributed by atoms with Crippen LogP contribution in [0.5, 0.6) is 0 Å². The van der Waals surface area contributed by atoms with Crippen LogP contribution in [0.1, 0.15) is 23.0 Å². The van der Waals surface area contributed by atoms with Crippen LogP contribution in [-0.4, -0.2) is 9.97 Å². The normalized spacial score (nSPS) is 12.7. The van der Waals surface area contributed by atoms with Crippen LogP contribution in [0, 0.1) is 6.92 Å². The molecule has 0 aliphatic heterocycles. The predicted molar refractivity (Wildman–Crippen MR) is 60.4 cm³/mol. The van der Waals surface area contributed by atoms with Gasteiger partial charge in [-0.1, -0.05) is 29.8 Å². The van der Waals surface area contributed by atoms with Gasteiger partial charge in [-0.2, -0.15) is 0 Å². The van der Waals surface area contributed by atoms with Gasteiger partial charge in [-0.3, -0.25) is 0 Å². The Morgan fingerprint density at radius 1 is 1.47 bits per heavy atom. The van der Waals surface area contributed by atoms with Gasteiger partial charge in [0.05, 0.1) is 0 Å². The van der Waals surface area contributed by atoms with Crippen molar-refractivity contribution in [2.45, 2.75) is 19.4 Å². The first-order valence-electron chi connectivity index (χ1n) is 5.06. The Labute approximate surface area is 89.4 Å². The van der Waals surface area contributed by atoms with Gasteiger partial charge in [0.2, 0.25) is 0 Å². The average molecular weight is 201 g/mol. The van der Waals surface area contributed by atoms with Gasteiger partial charge in [0.25, 0.3) is 0 Å². The lowest BCUT2D eigenvalue weighted by atomic mass is 10.0. The first-order chi connectivity index (χ1) is 7.25. The highest BCUT2D eigenvalue weighted by Crippen LogP contribution is 2.15. The Balaban J connectivity index is 2.11. The summed E-state index contributed by atoms with van der Waals surface area (Å²) in [5.74, 6) is 0.934. The van der Waals surface area contributed by atoms with Crippen LogP contribution in [0.2, 0.25) is 0 Å². The molecule has 0 amide bonds. The summed E-state index contributed by atoms with van der Waals surface area (Å²) in [6.45, 7) is 2.07. The SMILES string of the molecule is Cc1cccc([C@H](N)Cc2ncc[nH]2)c1. The topological polar surface area (TPSA) is 54.7 Å². The highest BCUT2D eigenvalue weighted by Gasteiger charge is 2.08. The molecule has 3 N–H and O–H groups in total. The molecule has 1 atom stereocenters. The molecule has 0 aliphatic rings. The molecule has 15 heavy (non-hydrogen) atoms. The molecule has 1 aromatic heterocycles. The Bertz CT molecular complexity index is 420. The summed E-state index contributed by atoms with van der Waals surface area (Å²) in [5.41, 5.74) is 8.49. The van der Waals surface area contributed by atoms with E-state index in [1.54, 1.807) is 6.20 Å². The lowest BCUT2D eigenvalue weighted by Crippen LogP contribution is -2.14. The molecule has 0 fully saturated rings. The molecule has 2 aromatic rings. The minimum absolute atomic E-state index is 0.0102. The van der Waals surface area contributed by atoms with Crippen LogP contribution in [0.15, 0.2) is 36.7 Å². The van der Waals surface area contributed by atoms with Gasteiger partial charge < -0.3 is 10.7 Å². The third-order valence-electron chi connectivity index (χ3n) is 2.44. The Kier molecular flexibility index (Phi) is 2.83. The molecule has 2 rings (SSSR count). The molecule has 3 heteroatoms. The molecule has 0 aliphatic carbocycles. The molecule has 78 valence electrons. The predicted octanol–water partition coefficient (Wildman–Crippen LogP) is 1.96. The van der Waals surface area contributed by atoms with E-state index in [0.29, 0.717) is 0 Å². The molecule has 0 saturated carbocycles. The van der Waals surface area contributed by atoms with Crippen LogP contribution < -0.4 is 5.73 Å². The Hall–Kier alpha value is -1.61. The van der Waals surface area contributed by atoms with E-state index in [-0.39, 0.29) is 6.04 Å². The lowest BCUT2D eigenvalue weighted by molar-refractivity contribution is 0.694. The molecule has 1 heterocycles. The number of nitrogens with two attached hydrogens (primary N) is 1. The Morgan fingerprint density at radius 2 is 2.33 bits per heavy atom. The summed E-state index contributed by atoms with van der Waals surface area (Å²) < 4.78 is 0. The second-order valence-corrected chi connectivity index (χ2v) is 3.76. The summed E-state index contributed by atoms with van der Waals surface area (Å²) in [5, 5.41) is 0. The van der Waals surface area contributed by atoms with E-state index < -0.39 is 0 Å². The van der Waals surface area contributed by atoms with Gasteiger partial charge in [0.15, 0.2) is 0 Å². The fourth-order valence-corrected chi connectivity index (χ4v) is 1.64. The van der Waals surface area contributed by atoms with Crippen LogP contribution >= 0.6 is 0 Å². The van der Waals surface area contributed by atoms with E-state index in [0.717, 1.165) is 17.8 Å². The van der Waals surface area contributed by atoms with Gasteiger partial charge in [0.1, 0.15) is 5.82 Å². The smallest absolute Gasteiger partial charge is 0.107 e. The van der Waals surface area contributed by atoms with Crippen molar-refractivity contribution >= 4 is 0 Å². The fourth-order valence-electron chi connectivity index (χ4n) is 1.64. The van der Waals surface area contributed by atoms with Crippen molar-refractivity contribution in [1.82, 2.24) is 9.97 Å². The first kappa shape index (κ1) is 9.93. The number of benzene rings is 1. The summed E-state index contributed by atoms with van der Waals surface area (Å²) in [7, 11) is 0. The molecule has 0 saturated heterocycles. The Morgan fingerprint density at radius 3 is 3.00 bits per heavy atom. The number of nitrogens with one attached hydrogen (secondary N) is 1. The van der Waals surface area contributed by atoms with Gasteiger partial charge in [-0.05, 0) is 12.5 Å². The molecule has 0 radical (unpaired) electrons. The zero-order valence-electron chi connectivity index (χ0n) is 8.77. The van der Waals surface area contributed by atoms with Crippen molar-refractivity contribution in [3.63, 3.8) is 0 Å². The summed E-state index contributed by atoms with van der Waals surface area (Å²) in [6.07, 6.45) is 4.31. The number of hydrogen-bond acceptors (Lipinski definition) is 2. The van der Waals surface area contributed by atoms with Crippen molar-refractivity contribution in [3.05, 3.63) is 53.6 Å². The van der Waals surface area contributed by atoms with Gasteiger partial charge >= 0.3 is 0 Å². The number of H-pyrrole nitrogens is 1. The molecule has 0 unspecified atom stereocenters. The summed E-state index contributed by atoms with van der Waals surface area (Å²) in [6, 6.07) is 8.29. The molecule has 1 aromatic carbocycles. The number of nitrogens with zero attached hydrogens (tertiary/aromatic N) is 1. The molecule has 3 nitrogen and oxygen atoms in total. The fraction of sp³-hybridized carbons (Fsp3) is 0.250. The highest BCUT2D eigenvalue weighted by atomic mass is 14.9. The van der Waals surface area contributed by atoms with Crippen LogP contribution in [0.3, 0.4) is 0 Å². The van der Waals surface area contributed by atoms with E-state index in [1.165, 1.54) is 5.56 Å². The second-order valence-electron chi connectivity index (χ2n) is 3.76. The maximum absolute atomic E-state index is 6.10. The highest BCUT2D eigenvalue weighted by molar-refractivity contribution is 5.25. The van der Waals surface area contributed by atoms with Gasteiger partial charge in [-0.25, -0.2) is 4.98 Å². The standard InChI is InChI=1S/C12H15N3/c1-9-3-2-4-10(7-9)11(13)8-12-14-5-6-15-12/h2-7,11H,8,13H2,1H3,(H,14,15)/t11-/m1/s1. The molecule has 0 spiro atoms. The summed E-state index contributed by atoms with van der Waals surface area (Å²) in [4.78, 5) is 7.23. The largest absolute Gasteiger partial charge is 0.349 e. The van der Waals surface area contributed by atoms with E-state index in [2.05, 4.69) is 35.1 Å². The van der Waals surface area contributed by atoms with E-state index in [9.17, 15) is 0 Å². The van der Waals surface area contributed by atoms with Crippen LogP contribution in [0.25, 0.3) is 0 Å². The van der Waals surface area contributed by atoms with Crippen molar-refractivity contribution in [2.24, 2.45) is 5.73 Å². The number of aromatic nitrogens is 2. The third kappa shape index (κ3) is 2.44. The van der Waals surface area contributed by atoms with Gasteiger partial charge in [0, 0.05) is 24.9 Å². The average Bonchev–Trinajstić information content (AvgIpc) is 2.70. The number of aromatic amines is 1. The van der Waals surface area contributed by atoms with Crippen molar-refractivity contribution in [2.75, 3.05) is 0 Å². The van der Waals surface area contributed by atoms with Crippen molar-refractivity contribution in [3.8, 4) is 0 Å². The number of aryl methyl sites for hydroxylation is 1. The quantitative estimate of drug-likeness (QED) is 0.797. The minimum Gasteiger partial charge on any atom is -0.349 e. The number of imidazole rings is 1. The molecular formula is C12H15N3. The summed E-state index contributed by atoms with van der Waals surface area (Å²) >= 11 is 0. The van der Waals surface area contributed by atoms with Crippen LogP contribution in [0.4, 0.5) is 0 Å². The number of hydrogen-bond donors (Lipinski definition) is 2. The third-order valence-corrected chi connectivity index (χ3v) is 2.44. The molecule has 0 bridgehead atoms. The van der Waals surface area contributed by atoms with E-state index >= 15 is 0 Å². The van der Waals surface area contributed by atoms with E-state index in [4.69, 9.17) is 5.73 Å². The lowest BCUT2D eigenvalue weighted by Gasteiger charge is -2.10. The zero-order chi connectivity index (χ0) is 10.7. The zero-order valence-corrected chi connectivity index (χ0v) is 8.77. The van der Waals surface area contributed by atoms with Gasteiger partial charge in [-0.15, -0.1) is 0 Å². The maximum atomic E-state index is 6.10. The van der Waals surface area contributed by atoms with E-state index in [1.807, 2.05) is 12.3 Å². The molecular weight excluding hydrogens is 186 g/mol. The monoisotopic (exact) mass is 201 g/mol. The first-order valence-corrected chi connectivity index (χ1v) is 5.06. The minimum atomic E-state index is 0.0102. The second kappa shape index (κ2) is 4.28. The van der Waals surface area contributed by atoms with Crippen LogP contribution in [-0.2, 0) is 6.42 Å². The van der Waals surface area contributed by atoms with Crippen molar-refractivity contribution in [1.29, 1.82) is 0 Å².